The van der Waals surface area contributed by atoms with Gasteiger partial charge in [-0.1, -0.05) is 23.7 Å². The van der Waals surface area contributed by atoms with Crippen molar-refractivity contribution in [3.63, 3.8) is 0 Å². The summed E-state index contributed by atoms with van der Waals surface area (Å²) in [5.41, 5.74) is 1.02. The van der Waals surface area contributed by atoms with E-state index in [9.17, 15) is 0 Å². The average Bonchev–Trinajstić information content (AvgIpc) is 2.49. The van der Waals surface area contributed by atoms with E-state index in [4.69, 9.17) is 30.5 Å². The maximum Gasteiger partial charge on any atom is 0.142 e. The van der Waals surface area contributed by atoms with E-state index in [2.05, 4.69) is 5.32 Å². The lowest BCUT2D eigenvalue weighted by Gasteiger charge is -2.14. The third-order valence-corrected chi connectivity index (χ3v) is 3.05. The van der Waals surface area contributed by atoms with E-state index in [1.165, 1.54) is 0 Å². The van der Waals surface area contributed by atoms with E-state index in [1.54, 1.807) is 14.2 Å². The van der Waals surface area contributed by atoms with Gasteiger partial charge in [-0.25, -0.2) is 0 Å². The van der Waals surface area contributed by atoms with Gasteiger partial charge in [-0.05, 0) is 6.07 Å². The number of para-hydroxylation sites is 1. The first-order chi connectivity index (χ1) is 10.3. The second kappa shape index (κ2) is 11.8. The Morgan fingerprint density at radius 2 is 1.76 bits per heavy atom. The number of nitrogens with one attached hydrogen (secondary N) is 1. The minimum Gasteiger partial charge on any atom is -0.489 e. The molecule has 1 aromatic carbocycles. The molecule has 1 N–H and O–H groups in total. The van der Waals surface area contributed by atoms with Gasteiger partial charge in [0.1, 0.15) is 12.4 Å². The summed E-state index contributed by atoms with van der Waals surface area (Å²) in [4.78, 5) is 0. The lowest BCUT2D eigenvalue weighted by atomic mass is 10.2. The van der Waals surface area contributed by atoms with Crippen molar-refractivity contribution in [3.8, 4) is 5.75 Å². The molecule has 0 saturated carbocycles. The average molecular weight is 318 g/mol. The van der Waals surface area contributed by atoms with Crippen LogP contribution in [0.25, 0.3) is 0 Å². The first-order valence-electron chi connectivity index (χ1n) is 6.96. The van der Waals surface area contributed by atoms with Crippen molar-refractivity contribution in [1.29, 1.82) is 0 Å². The van der Waals surface area contributed by atoms with Crippen LogP contribution in [0.1, 0.15) is 5.56 Å². The molecule has 5 nitrogen and oxygen atoms in total. The van der Waals surface area contributed by atoms with Crippen LogP contribution in [0.4, 0.5) is 0 Å². The van der Waals surface area contributed by atoms with E-state index in [0.29, 0.717) is 50.4 Å². The zero-order valence-electron chi connectivity index (χ0n) is 12.7. The summed E-state index contributed by atoms with van der Waals surface area (Å²) in [5.74, 6) is 0.708. The molecule has 1 aromatic rings. The van der Waals surface area contributed by atoms with Crippen LogP contribution < -0.4 is 10.1 Å². The highest BCUT2D eigenvalue weighted by atomic mass is 35.5. The summed E-state index contributed by atoms with van der Waals surface area (Å²) >= 11 is 6.19. The minimum absolute atomic E-state index is 0.457. The van der Waals surface area contributed by atoms with Crippen molar-refractivity contribution in [2.24, 2.45) is 0 Å². The SMILES string of the molecule is COCCNCc1cccc(Cl)c1OCCOCCOC. The summed E-state index contributed by atoms with van der Waals surface area (Å²) in [6.07, 6.45) is 0. The van der Waals surface area contributed by atoms with E-state index >= 15 is 0 Å². The fraction of sp³-hybridized carbons (Fsp3) is 0.600. The molecule has 0 fully saturated rings. The molecule has 0 amide bonds. The summed E-state index contributed by atoms with van der Waals surface area (Å²) in [6.45, 7) is 4.24. The molecule has 0 aliphatic carbocycles. The van der Waals surface area contributed by atoms with Gasteiger partial charge in [0.05, 0.1) is 31.5 Å². The molecule has 120 valence electrons. The zero-order chi connectivity index (χ0) is 15.3. The molecular weight excluding hydrogens is 294 g/mol. The number of hydrogen-bond acceptors (Lipinski definition) is 5. The van der Waals surface area contributed by atoms with E-state index < -0.39 is 0 Å². The Bertz CT molecular complexity index is 390. The van der Waals surface area contributed by atoms with Crippen molar-refractivity contribution >= 4 is 11.6 Å². The van der Waals surface area contributed by atoms with Crippen LogP contribution in [0, 0.1) is 0 Å². The molecule has 0 heterocycles. The Morgan fingerprint density at radius 1 is 1.00 bits per heavy atom. The van der Waals surface area contributed by atoms with Crippen LogP contribution >= 0.6 is 11.6 Å². The fourth-order valence-electron chi connectivity index (χ4n) is 1.70. The number of ether oxygens (including phenoxy) is 4. The van der Waals surface area contributed by atoms with E-state index in [1.807, 2.05) is 18.2 Å². The van der Waals surface area contributed by atoms with Crippen molar-refractivity contribution < 1.29 is 18.9 Å². The van der Waals surface area contributed by atoms with Gasteiger partial charge in [0.25, 0.3) is 0 Å². The molecule has 0 aliphatic rings. The molecular formula is C15H24ClNO4. The number of benzene rings is 1. The van der Waals surface area contributed by atoms with Gasteiger partial charge in [0.15, 0.2) is 0 Å². The van der Waals surface area contributed by atoms with Crippen molar-refractivity contribution in [2.75, 3.05) is 53.8 Å². The lowest BCUT2D eigenvalue weighted by Crippen LogP contribution is -2.19. The molecule has 0 radical (unpaired) electrons. The van der Waals surface area contributed by atoms with E-state index in [0.717, 1.165) is 12.1 Å². The van der Waals surface area contributed by atoms with Crippen LogP contribution in [-0.2, 0) is 20.8 Å². The molecule has 0 saturated heterocycles. The Balaban J connectivity index is 2.39. The largest absolute Gasteiger partial charge is 0.489 e. The first-order valence-corrected chi connectivity index (χ1v) is 7.34. The quantitative estimate of drug-likeness (QED) is 0.598. The highest BCUT2D eigenvalue weighted by molar-refractivity contribution is 6.32. The van der Waals surface area contributed by atoms with Crippen LogP contribution in [-0.4, -0.2) is 53.8 Å². The summed E-state index contributed by atoms with van der Waals surface area (Å²) in [5, 5.41) is 3.89. The Morgan fingerprint density at radius 3 is 2.52 bits per heavy atom. The normalized spacial score (nSPS) is 10.8. The highest BCUT2D eigenvalue weighted by Gasteiger charge is 2.08. The number of hydrogen-bond donors (Lipinski definition) is 1. The topological polar surface area (TPSA) is 49.0 Å². The summed E-state index contributed by atoms with van der Waals surface area (Å²) in [6, 6.07) is 5.73. The zero-order valence-corrected chi connectivity index (χ0v) is 13.4. The molecule has 0 spiro atoms. The van der Waals surface area contributed by atoms with E-state index in [-0.39, 0.29) is 0 Å². The molecule has 0 bridgehead atoms. The second-order valence-corrected chi connectivity index (χ2v) is 4.76. The molecule has 0 atom stereocenters. The van der Waals surface area contributed by atoms with Gasteiger partial charge in [0, 0.05) is 32.9 Å². The van der Waals surface area contributed by atoms with Gasteiger partial charge < -0.3 is 24.3 Å². The molecule has 0 aromatic heterocycles. The minimum atomic E-state index is 0.457. The Labute approximate surface area is 131 Å². The maximum atomic E-state index is 6.19. The summed E-state index contributed by atoms with van der Waals surface area (Å²) < 4.78 is 21.0. The molecule has 6 heteroatoms. The van der Waals surface area contributed by atoms with Crippen molar-refractivity contribution in [3.05, 3.63) is 28.8 Å². The van der Waals surface area contributed by atoms with Crippen molar-refractivity contribution in [2.45, 2.75) is 6.54 Å². The Kier molecular flexibility index (Phi) is 10.2. The number of rotatable bonds is 12. The first kappa shape index (κ1) is 18.2. The van der Waals surface area contributed by atoms with Crippen LogP contribution in [0.3, 0.4) is 0 Å². The lowest BCUT2D eigenvalue weighted by molar-refractivity contribution is 0.0543. The van der Waals surface area contributed by atoms with Gasteiger partial charge >= 0.3 is 0 Å². The molecule has 21 heavy (non-hydrogen) atoms. The number of halogens is 1. The van der Waals surface area contributed by atoms with Crippen LogP contribution in [0.15, 0.2) is 18.2 Å². The third kappa shape index (κ3) is 7.64. The smallest absolute Gasteiger partial charge is 0.142 e. The third-order valence-electron chi connectivity index (χ3n) is 2.75. The standard InChI is InChI=1S/C15H24ClNO4/c1-18-7-6-17-12-13-4-3-5-14(16)15(13)21-11-10-20-9-8-19-2/h3-5,17H,6-12H2,1-2H3. The van der Waals surface area contributed by atoms with Gasteiger partial charge in [-0.2, -0.15) is 0 Å². The maximum absolute atomic E-state index is 6.19. The number of methoxy groups -OCH3 is 2. The second-order valence-electron chi connectivity index (χ2n) is 4.35. The van der Waals surface area contributed by atoms with Crippen LogP contribution in [0.2, 0.25) is 5.02 Å². The van der Waals surface area contributed by atoms with Crippen LogP contribution in [0.5, 0.6) is 5.75 Å². The fourth-order valence-corrected chi connectivity index (χ4v) is 1.95. The molecule has 0 unspecified atom stereocenters. The predicted octanol–water partition coefficient (Wildman–Crippen LogP) is 2.12. The van der Waals surface area contributed by atoms with Crippen molar-refractivity contribution in [1.82, 2.24) is 5.32 Å². The Hall–Kier alpha value is -0.850. The van der Waals surface area contributed by atoms with Gasteiger partial charge in [-0.3, -0.25) is 0 Å². The summed E-state index contributed by atoms with van der Waals surface area (Å²) in [7, 11) is 3.33. The van der Waals surface area contributed by atoms with Gasteiger partial charge in [0.2, 0.25) is 0 Å². The molecule has 0 aliphatic heterocycles. The molecule has 1 rings (SSSR count). The van der Waals surface area contributed by atoms with Gasteiger partial charge in [-0.15, -0.1) is 0 Å². The predicted molar refractivity (Wildman–Crippen MR) is 83.2 cm³/mol. The highest BCUT2D eigenvalue weighted by Crippen LogP contribution is 2.28. The monoisotopic (exact) mass is 317 g/mol.